The van der Waals surface area contributed by atoms with E-state index in [1.54, 1.807) is 0 Å². The Balaban J connectivity index is 1.93. The van der Waals surface area contributed by atoms with Crippen molar-refractivity contribution in [2.75, 3.05) is 23.7 Å². The number of aryl methyl sites for hydroxylation is 1. The molecule has 2 aromatic rings. The van der Waals surface area contributed by atoms with E-state index in [4.69, 9.17) is 5.73 Å². The third-order valence-electron chi connectivity index (χ3n) is 3.56. The second kappa shape index (κ2) is 4.88. The predicted molar refractivity (Wildman–Crippen MR) is 78.1 cm³/mol. The topological polar surface area (TPSA) is 55.0 Å². The van der Waals surface area contributed by atoms with Gasteiger partial charge < -0.3 is 10.6 Å². The minimum atomic E-state index is 0.556. The smallest absolute Gasteiger partial charge is 0.227 e. The second-order valence-electron chi connectivity index (χ2n) is 5.03. The lowest BCUT2D eigenvalue weighted by atomic mass is 10.1. The maximum atomic E-state index is 6.08. The van der Waals surface area contributed by atoms with E-state index in [1.807, 2.05) is 6.20 Å². The molecule has 4 heteroatoms. The van der Waals surface area contributed by atoms with Crippen LogP contribution in [-0.2, 0) is 0 Å². The number of hydrogen-bond acceptors (Lipinski definition) is 4. The molecular formula is C15H18N4. The maximum Gasteiger partial charge on any atom is 0.227 e. The predicted octanol–water partition coefficient (Wildman–Crippen LogP) is 2.63. The van der Waals surface area contributed by atoms with Gasteiger partial charge in [-0.05, 0) is 25.3 Å². The van der Waals surface area contributed by atoms with Crippen molar-refractivity contribution in [2.24, 2.45) is 0 Å². The van der Waals surface area contributed by atoms with Crippen molar-refractivity contribution in [2.45, 2.75) is 19.8 Å². The fourth-order valence-corrected chi connectivity index (χ4v) is 2.41. The SMILES string of the molecule is Cc1ccc(-c2cnc(N3CCCC3)nc2N)cc1. The van der Waals surface area contributed by atoms with E-state index in [0.29, 0.717) is 5.82 Å². The molecule has 1 saturated heterocycles. The molecule has 0 aliphatic carbocycles. The molecule has 0 bridgehead atoms. The van der Waals surface area contributed by atoms with Crippen LogP contribution in [0.1, 0.15) is 18.4 Å². The van der Waals surface area contributed by atoms with Crippen molar-refractivity contribution in [3.05, 3.63) is 36.0 Å². The number of aromatic nitrogens is 2. The van der Waals surface area contributed by atoms with Gasteiger partial charge in [0.05, 0.1) is 0 Å². The molecule has 0 spiro atoms. The van der Waals surface area contributed by atoms with Crippen LogP contribution in [0.5, 0.6) is 0 Å². The molecule has 2 heterocycles. The lowest BCUT2D eigenvalue weighted by Crippen LogP contribution is -2.20. The highest BCUT2D eigenvalue weighted by atomic mass is 15.3. The highest BCUT2D eigenvalue weighted by Crippen LogP contribution is 2.26. The summed E-state index contributed by atoms with van der Waals surface area (Å²) in [6.07, 6.45) is 4.26. The van der Waals surface area contributed by atoms with Crippen LogP contribution in [0.2, 0.25) is 0 Å². The van der Waals surface area contributed by atoms with Crippen molar-refractivity contribution in [1.82, 2.24) is 9.97 Å². The minimum Gasteiger partial charge on any atom is -0.383 e. The highest BCUT2D eigenvalue weighted by molar-refractivity contribution is 5.73. The quantitative estimate of drug-likeness (QED) is 0.895. The van der Waals surface area contributed by atoms with Gasteiger partial charge in [0.1, 0.15) is 5.82 Å². The van der Waals surface area contributed by atoms with Gasteiger partial charge >= 0.3 is 0 Å². The third kappa shape index (κ3) is 2.38. The first-order chi connectivity index (χ1) is 9.24. The van der Waals surface area contributed by atoms with Crippen LogP contribution in [0, 0.1) is 6.92 Å². The summed E-state index contributed by atoms with van der Waals surface area (Å²) in [6.45, 7) is 4.13. The minimum absolute atomic E-state index is 0.556. The number of nitrogens with zero attached hydrogens (tertiary/aromatic N) is 3. The molecular weight excluding hydrogens is 236 g/mol. The standard InChI is InChI=1S/C15H18N4/c1-11-4-6-12(7-5-11)13-10-17-15(18-14(13)16)19-8-2-3-9-19/h4-7,10H,2-3,8-9H2,1H3,(H2,16,17,18). The largest absolute Gasteiger partial charge is 0.383 e. The summed E-state index contributed by atoms with van der Waals surface area (Å²) in [5.74, 6) is 1.31. The summed E-state index contributed by atoms with van der Waals surface area (Å²) >= 11 is 0. The summed E-state index contributed by atoms with van der Waals surface area (Å²) < 4.78 is 0. The molecule has 19 heavy (non-hydrogen) atoms. The molecule has 2 N–H and O–H groups in total. The number of rotatable bonds is 2. The van der Waals surface area contributed by atoms with E-state index in [0.717, 1.165) is 30.2 Å². The van der Waals surface area contributed by atoms with Crippen molar-refractivity contribution >= 4 is 11.8 Å². The number of anilines is 2. The molecule has 1 aromatic heterocycles. The fourth-order valence-electron chi connectivity index (χ4n) is 2.41. The molecule has 1 aromatic carbocycles. The highest BCUT2D eigenvalue weighted by Gasteiger charge is 2.16. The van der Waals surface area contributed by atoms with Crippen molar-refractivity contribution in [3.8, 4) is 11.1 Å². The first kappa shape index (κ1) is 12.0. The molecule has 3 rings (SSSR count). The van der Waals surface area contributed by atoms with Gasteiger partial charge in [-0.2, -0.15) is 4.98 Å². The van der Waals surface area contributed by atoms with E-state index in [-0.39, 0.29) is 0 Å². The zero-order valence-corrected chi connectivity index (χ0v) is 11.1. The first-order valence-corrected chi connectivity index (χ1v) is 6.68. The van der Waals surface area contributed by atoms with Gasteiger partial charge in [-0.3, -0.25) is 0 Å². The number of nitrogen functional groups attached to an aromatic ring is 1. The van der Waals surface area contributed by atoms with Crippen LogP contribution < -0.4 is 10.6 Å². The third-order valence-corrected chi connectivity index (χ3v) is 3.56. The molecule has 98 valence electrons. The normalized spacial score (nSPS) is 14.9. The Morgan fingerprint density at radius 2 is 1.79 bits per heavy atom. The fraction of sp³-hybridized carbons (Fsp3) is 0.333. The van der Waals surface area contributed by atoms with E-state index < -0.39 is 0 Å². The Bertz CT molecular complexity index is 571. The van der Waals surface area contributed by atoms with Crippen LogP contribution in [-0.4, -0.2) is 23.1 Å². The Hall–Kier alpha value is -2.10. The molecule has 4 nitrogen and oxygen atoms in total. The Kier molecular flexibility index (Phi) is 3.07. The zero-order valence-electron chi connectivity index (χ0n) is 11.1. The molecule has 0 amide bonds. The monoisotopic (exact) mass is 254 g/mol. The lowest BCUT2D eigenvalue weighted by Gasteiger charge is -2.16. The molecule has 0 unspecified atom stereocenters. The van der Waals surface area contributed by atoms with Crippen LogP contribution in [0.4, 0.5) is 11.8 Å². The molecule has 1 aliphatic rings. The van der Waals surface area contributed by atoms with E-state index in [1.165, 1.54) is 18.4 Å². The van der Waals surface area contributed by atoms with Crippen LogP contribution in [0.15, 0.2) is 30.5 Å². The summed E-state index contributed by atoms with van der Waals surface area (Å²) in [5, 5.41) is 0. The molecule has 0 saturated carbocycles. The van der Waals surface area contributed by atoms with Gasteiger partial charge in [0.15, 0.2) is 0 Å². The Morgan fingerprint density at radius 1 is 1.11 bits per heavy atom. The first-order valence-electron chi connectivity index (χ1n) is 6.68. The second-order valence-corrected chi connectivity index (χ2v) is 5.03. The van der Waals surface area contributed by atoms with E-state index >= 15 is 0 Å². The van der Waals surface area contributed by atoms with E-state index in [9.17, 15) is 0 Å². The zero-order chi connectivity index (χ0) is 13.2. The Labute approximate surface area is 113 Å². The van der Waals surface area contributed by atoms with Crippen LogP contribution in [0.3, 0.4) is 0 Å². The maximum absolute atomic E-state index is 6.08. The molecule has 0 atom stereocenters. The van der Waals surface area contributed by atoms with Gasteiger partial charge in [0, 0.05) is 24.8 Å². The van der Waals surface area contributed by atoms with Gasteiger partial charge in [0.2, 0.25) is 5.95 Å². The molecule has 0 radical (unpaired) electrons. The van der Waals surface area contributed by atoms with Crippen LogP contribution >= 0.6 is 0 Å². The van der Waals surface area contributed by atoms with Crippen molar-refractivity contribution < 1.29 is 0 Å². The number of nitrogens with two attached hydrogens (primary N) is 1. The molecule has 1 fully saturated rings. The van der Waals surface area contributed by atoms with Crippen LogP contribution in [0.25, 0.3) is 11.1 Å². The number of hydrogen-bond donors (Lipinski definition) is 1. The summed E-state index contributed by atoms with van der Waals surface area (Å²) in [7, 11) is 0. The summed E-state index contributed by atoms with van der Waals surface area (Å²) in [5.41, 5.74) is 9.29. The lowest BCUT2D eigenvalue weighted by molar-refractivity contribution is 0.901. The average Bonchev–Trinajstić information content (AvgIpc) is 2.94. The average molecular weight is 254 g/mol. The van der Waals surface area contributed by atoms with E-state index in [2.05, 4.69) is 46.1 Å². The van der Waals surface area contributed by atoms with Gasteiger partial charge in [-0.25, -0.2) is 4.98 Å². The van der Waals surface area contributed by atoms with Crippen molar-refractivity contribution in [3.63, 3.8) is 0 Å². The van der Waals surface area contributed by atoms with Gasteiger partial charge in [0.25, 0.3) is 0 Å². The van der Waals surface area contributed by atoms with Gasteiger partial charge in [-0.1, -0.05) is 29.8 Å². The number of benzene rings is 1. The molecule has 1 aliphatic heterocycles. The van der Waals surface area contributed by atoms with Gasteiger partial charge in [-0.15, -0.1) is 0 Å². The summed E-state index contributed by atoms with van der Waals surface area (Å²) in [6, 6.07) is 8.26. The van der Waals surface area contributed by atoms with Crippen molar-refractivity contribution in [1.29, 1.82) is 0 Å². The Morgan fingerprint density at radius 3 is 2.42 bits per heavy atom. The summed E-state index contributed by atoms with van der Waals surface area (Å²) in [4.78, 5) is 11.1.